The monoisotopic (exact) mass is 504 g/mol. The van der Waals surface area contributed by atoms with Crippen LogP contribution in [-0.2, 0) is 4.79 Å². The second kappa shape index (κ2) is 12.1. The molecule has 1 heterocycles. The predicted octanol–water partition coefficient (Wildman–Crippen LogP) is 5.85. The number of thiocarbonyl (C=S) groups is 1. The van der Waals surface area contributed by atoms with Gasteiger partial charge < -0.3 is 9.47 Å². The van der Waals surface area contributed by atoms with E-state index in [0.717, 1.165) is 35.2 Å². The van der Waals surface area contributed by atoms with Gasteiger partial charge in [-0.05, 0) is 66.7 Å². The van der Waals surface area contributed by atoms with Gasteiger partial charge in [0.25, 0.3) is 11.8 Å². The summed E-state index contributed by atoms with van der Waals surface area (Å²) in [5.74, 6) is 0.397. The Balaban J connectivity index is 1.67. The molecular formula is C24H25ClN2O4S2. The van der Waals surface area contributed by atoms with Crippen molar-refractivity contribution in [2.45, 2.75) is 32.6 Å². The van der Waals surface area contributed by atoms with Gasteiger partial charge in [0, 0.05) is 10.6 Å². The number of ether oxygens (including phenoxy) is 2. The van der Waals surface area contributed by atoms with E-state index in [9.17, 15) is 9.59 Å². The van der Waals surface area contributed by atoms with Crippen LogP contribution in [0.1, 0.15) is 48.5 Å². The van der Waals surface area contributed by atoms with Gasteiger partial charge in [0.05, 0.1) is 18.6 Å². The summed E-state index contributed by atoms with van der Waals surface area (Å²) in [5, 5.41) is 1.59. The number of thioether (sulfide) groups is 1. The highest BCUT2D eigenvalue weighted by Gasteiger charge is 2.33. The van der Waals surface area contributed by atoms with Crippen molar-refractivity contribution < 1.29 is 19.1 Å². The van der Waals surface area contributed by atoms with E-state index < -0.39 is 11.8 Å². The van der Waals surface area contributed by atoms with Crippen molar-refractivity contribution in [2.75, 3.05) is 13.7 Å². The van der Waals surface area contributed by atoms with Crippen LogP contribution >= 0.6 is 35.6 Å². The number of carbonyl (C=O) groups is 2. The average molecular weight is 505 g/mol. The van der Waals surface area contributed by atoms with Gasteiger partial charge in [0.1, 0.15) is 0 Å². The largest absolute Gasteiger partial charge is 0.493 e. The smallest absolute Gasteiger partial charge is 0.285 e. The molecule has 0 aliphatic carbocycles. The quantitative estimate of drug-likeness (QED) is 0.248. The molecule has 0 spiro atoms. The first-order valence-electron chi connectivity index (χ1n) is 10.6. The summed E-state index contributed by atoms with van der Waals surface area (Å²) in [5.41, 5.74) is 3.68. The van der Waals surface area contributed by atoms with Crippen LogP contribution in [0.2, 0.25) is 5.02 Å². The van der Waals surface area contributed by atoms with E-state index in [1.54, 1.807) is 43.5 Å². The van der Waals surface area contributed by atoms with Crippen LogP contribution in [-0.4, -0.2) is 34.9 Å². The number of methoxy groups -OCH3 is 1. The summed E-state index contributed by atoms with van der Waals surface area (Å²) in [4.78, 5) is 25.7. The molecule has 6 nitrogen and oxygen atoms in total. The van der Waals surface area contributed by atoms with Gasteiger partial charge in [0.15, 0.2) is 15.8 Å². The first-order valence-corrected chi connectivity index (χ1v) is 12.2. The SMILES string of the molecule is CCCCCCOc1ccc(/C=C2\SC(=S)N(NC(=O)c3ccc(Cl)cc3)C2=O)cc1OC. The molecule has 9 heteroatoms. The molecule has 3 rings (SSSR count). The van der Waals surface area contributed by atoms with E-state index in [1.807, 2.05) is 12.1 Å². The number of nitrogens with one attached hydrogen (secondary N) is 1. The predicted molar refractivity (Wildman–Crippen MR) is 137 cm³/mol. The van der Waals surface area contributed by atoms with Crippen LogP contribution in [0.15, 0.2) is 47.4 Å². The third-order valence-electron chi connectivity index (χ3n) is 4.85. The van der Waals surface area contributed by atoms with Crippen molar-refractivity contribution in [2.24, 2.45) is 0 Å². The van der Waals surface area contributed by atoms with Gasteiger partial charge in [-0.15, -0.1) is 0 Å². The Morgan fingerprint density at radius 1 is 1.15 bits per heavy atom. The maximum atomic E-state index is 12.8. The molecule has 2 aromatic rings. The van der Waals surface area contributed by atoms with E-state index in [1.165, 1.54) is 12.8 Å². The van der Waals surface area contributed by atoms with Gasteiger partial charge in [-0.1, -0.05) is 55.6 Å². The molecule has 0 unspecified atom stereocenters. The molecule has 0 bridgehead atoms. The minimum absolute atomic E-state index is 0.243. The fraction of sp³-hybridized carbons (Fsp3) is 0.292. The van der Waals surface area contributed by atoms with E-state index in [4.69, 9.17) is 33.3 Å². The van der Waals surface area contributed by atoms with Crippen molar-refractivity contribution in [1.29, 1.82) is 0 Å². The molecule has 2 amide bonds. The Morgan fingerprint density at radius 3 is 2.61 bits per heavy atom. The van der Waals surface area contributed by atoms with Gasteiger partial charge in [-0.3, -0.25) is 15.0 Å². The lowest BCUT2D eigenvalue weighted by Gasteiger charge is -2.15. The number of carbonyl (C=O) groups excluding carboxylic acids is 2. The third kappa shape index (κ3) is 6.72. The highest BCUT2D eigenvalue weighted by molar-refractivity contribution is 8.26. The number of hydrogen-bond donors (Lipinski definition) is 1. The zero-order chi connectivity index (χ0) is 23.8. The van der Waals surface area contributed by atoms with Crippen molar-refractivity contribution in [3.63, 3.8) is 0 Å². The lowest BCUT2D eigenvalue weighted by molar-refractivity contribution is -0.123. The van der Waals surface area contributed by atoms with Gasteiger partial charge in [-0.25, -0.2) is 0 Å². The van der Waals surface area contributed by atoms with Crippen molar-refractivity contribution >= 4 is 57.8 Å². The van der Waals surface area contributed by atoms with E-state index in [-0.39, 0.29) is 4.32 Å². The molecule has 1 saturated heterocycles. The number of nitrogens with zero attached hydrogens (tertiary/aromatic N) is 1. The van der Waals surface area contributed by atoms with Crippen LogP contribution in [0.4, 0.5) is 0 Å². The Hall–Kier alpha value is -2.55. The van der Waals surface area contributed by atoms with E-state index >= 15 is 0 Å². The number of unbranched alkanes of at least 4 members (excludes halogenated alkanes) is 3. The fourth-order valence-electron chi connectivity index (χ4n) is 3.09. The summed E-state index contributed by atoms with van der Waals surface area (Å²) in [6, 6.07) is 11.8. The Morgan fingerprint density at radius 2 is 1.91 bits per heavy atom. The second-order valence-electron chi connectivity index (χ2n) is 7.28. The van der Waals surface area contributed by atoms with E-state index in [2.05, 4.69) is 12.3 Å². The van der Waals surface area contributed by atoms with Crippen LogP contribution in [0, 0.1) is 0 Å². The van der Waals surface area contributed by atoms with Gasteiger partial charge >= 0.3 is 0 Å². The van der Waals surface area contributed by atoms with Gasteiger partial charge in [-0.2, -0.15) is 5.01 Å². The normalized spacial score (nSPS) is 14.6. The topological polar surface area (TPSA) is 67.9 Å². The molecule has 0 saturated carbocycles. The summed E-state index contributed by atoms with van der Waals surface area (Å²) in [6.45, 7) is 2.80. The maximum absolute atomic E-state index is 12.8. The van der Waals surface area contributed by atoms with Crippen LogP contribution in [0.5, 0.6) is 11.5 Å². The Bertz CT molecular complexity index is 1060. The van der Waals surface area contributed by atoms with Crippen LogP contribution < -0.4 is 14.9 Å². The second-order valence-corrected chi connectivity index (χ2v) is 9.40. The van der Waals surface area contributed by atoms with Crippen molar-refractivity contribution in [3.05, 3.63) is 63.5 Å². The van der Waals surface area contributed by atoms with E-state index in [0.29, 0.717) is 33.6 Å². The number of hydrazine groups is 1. The molecule has 1 aliphatic rings. The number of benzene rings is 2. The molecule has 1 N–H and O–H groups in total. The molecule has 0 aromatic heterocycles. The summed E-state index contributed by atoms with van der Waals surface area (Å²) >= 11 is 12.3. The average Bonchev–Trinajstić information content (AvgIpc) is 3.07. The first kappa shape index (κ1) is 25.1. The number of halogens is 1. The lowest BCUT2D eigenvalue weighted by Crippen LogP contribution is -2.44. The summed E-state index contributed by atoms with van der Waals surface area (Å²) < 4.78 is 11.5. The molecule has 174 valence electrons. The molecular weight excluding hydrogens is 480 g/mol. The summed E-state index contributed by atoms with van der Waals surface area (Å²) in [6.07, 6.45) is 6.20. The summed E-state index contributed by atoms with van der Waals surface area (Å²) in [7, 11) is 1.58. The molecule has 0 radical (unpaired) electrons. The number of hydrogen-bond acceptors (Lipinski definition) is 6. The standard InChI is InChI=1S/C24H25ClN2O4S2/c1-3-4-5-6-13-31-19-12-7-16(14-20(19)30-2)15-21-23(29)27(24(32)33-21)26-22(28)17-8-10-18(25)11-9-17/h7-12,14-15H,3-6,13H2,1-2H3,(H,26,28)/b21-15-. The van der Waals surface area contributed by atoms with Gasteiger partial charge in [0.2, 0.25) is 0 Å². The molecule has 33 heavy (non-hydrogen) atoms. The zero-order valence-corrected chi connectivity index (χ0v) is 20.8. The number of rotatable bonds is 10. The highest BCUT2D eigenvalue weighted by atomic mass is 35.5. The first-order chi connectivity index (χ1) is 15.9. The molecule has 1 fully saturated rings. The maximum Gasteiger partial charge on any atom is 0.285 e. The molecule has 2 aromatic carbocycles. The zero-order valence-electron chi connectivity index (χ0n) is 18.4. The number of amides is 2. The van der Waals surface area contributed by atoms with Crippen LogP contribution in [0.25, 0.3) is 6.08 Å². The van der Waals surface area contributed by atoms with Crippen molar-refractivity contribution in [1.82, 2.24) is 10.4 Å². The molecule has 0 atom stereocenters. The Labute approximate surface area is 208 Å². The Kier molecular flexibility index (Phi) is 9.17. The molecule has 1 aliphatic heterocycles. The van der Waals surface area contributed by atoms with Crippen LogP contribution in [0.3, 0.4) is 0 Å². The highest BCUT2D eigenvalue weighted by Crippen LogP contribution is 2.34. The fourth-order valence-corrected chi connectivity index (χ4v) is 4.39. The lowest BCUT2D eigenvalue weighted by atomic mass is 10.2. The van der Waals surface area contributed by atoms with Crippen molar-refractivity contribution in [3.8, 4) is 11.5 Å². The minimum atomic E-state index is -0.452. The third-order valence-corrected chi connectivity index (χ3v) is 6.41. The minimum Gasteiger partial charge on any atom is -0.493 e.